The lowest BCUT2D eigenvalue weighted by Gasteiger charge is -2.08. The molecule has 0 atom stereocenters. The van der Waals surface area contributed by atoms with Crippen molar-refractivity contribution in [3.8, 4) is 23.0 Å². The average Bonchev–Trinajstić information content (AvgIpc) is 2.74. The average molecular weight is 446 g/mol. The van der Waals surface area contributed by atoms with Gasteiger partial charge in [0.15, 0.2) is 23.0 Å². The maximum absolute atomic E-state index is 11.9. The van der Waals surface area contributed by atoms with Crippen LogP contribution < -0.4 is 16.0 Å². The number of carbonyl (C=O) groups is 2. The molecule has 7 N–H and O–H groups in total. The van der Waals surface area contributed by atoms with Crippen molar-refractivity contribution in [1.82, 2.24) is 16.0 Å². The quantitative estimate of drug-likeness (QED) is 0.181. The number of phenols is 4. The zero-order valence-electron chi connectivity index (χ0n) is 17.9. The molecule has 32 heavy (non-hydrogen) atoms. The van der Waals surface area contributed by atoms with Crippen molar-refractivity contribution in [3.63, 3.8) is 0 Å². The number of hydrogen-bond acceptors (Lipinski definition) is 7. The second-order valence-corrected chi connectivity index (χ2v) is 7.51. The van der Waals surface area contributed by atoms with E-state index in [1.165, 1.54) is 24.3 Å². The Kier molecular flexibility index (Phi) is 10.1. The Balaban J connectivity index is 1.44. The standard InChI is InChI=1S/C23H31N3O6/c27-18-6-4-16(12-20(18)29)14-22(31)25-10-2-1-8-24-9-3-11-26-23(32)15-17-5-7-19(28)21(30)13-17/h4-7,12-13,24,27-30H,1-3,8-11,14-15H2,(H,25,31)(H,26,32). The number of carbonyl (C=O) groups excluding carboxylic acids is 2. The van der Waals surface area contributed by atoms with Crippen LogP contribution >= 0.6 is 0 Å². The van der Waals surface area contributed by atoms with Crippen molar-refractivity contribution in [1.29, 1.82) is 0 Å². The molecule has 0 saturated carbocycles. The van der Waals surface area contributed by atoms with E-state index >= 15 is 0 Å². The molecule has 0 radical (unpaired) electrons. The second kappa shape index (κ2) is 13.1. The largest absolute Gasteiger partial charge is 0.504 e. The van der Waals surface area contributed by atoms with Gasteiger partial charge in [-0.25, -0.2) is 0 Å². The number of benzene rings is 2. The van der Waals surface area contributed by atoms with Crippen molar-refractivity contribution < 1.29 is 30.0 Å². The van der Waals surface area contributed by atoms with Gasteiger partial charge in [0.25, 0.3) is 0 Å². The van der Waals surface area contributed by atoms with E-state index in [9.17, 15) is 30.0 Å². The minimum absolute atomic E-state index is 0.138. The van der Waals surface area contributed by atoms with Gasteiger partial charge in [0, 0.05) is 13.1 Å². The van der Waals surface area contributed by atoms with E-state index in [1.54, 1.807) is 12.1 Å². The highest BCUT2D eigenvalue weighted by Gasteiger charge is 2.07. The SMILES string of the molecule is O=C(Cc1ccc(O)c(O)c1)NCCCCNCCCNC(=O)Cc1ccc(O)c(O)c1. The summed E-state index contributed by atoms with van der Waals surface area (Å²) in [7, 11) is 0. The summed E-state index contributed by atoms with van der Waals surface area (Å²) in [6.07, 6.45) is 2.79. The van der Waals surface area contributed by atoms with Gasteiger partial charge in [-0.3, -0.25) is 9.59 Å². The summed E-state index contributed by atoms with van der Waals surface area (Å²) < 4.78 is 0. The molecule has 2 aromatic carbocycles. The molecule has 2 aromatic rings. The summed E-state index contributed by atoms with van der Waals surface area (Å²) in [6, 6.07) is 8.65. The topological polar surface area (TPSA) is 151 Å². The van der Waals surface area contributed by atoms with Crippen molar-refractivity contribution in [2.75, 3.05) is 26.2 Å². The highest BCUT2D eigenvalue weighted by molar-refractivity contribution is 5.79. The first kappa shape index (κ1) is 24.8. The smallest absolute Gasteiger partial charge is 0.224 e. The molecule has 0 bridgehead atoms. The van der Waals surface area contributed by atoms with Gasteiger partial charge in [0.05, 0.1) is 12.8 Å². The van der Waals surface area contributed by atoms with Gasteiger partial charge >= 0.3 is 0 Å². The van der Waals surface area contributed by atoms with Crippen LogP contribution in [0.2, 0.25) is 0 Å². The molecular formula is C23H31N3O6. The first-order valence-electron chi connectivity index (χ1n) is 10.6. The van der Waals surface area contributed by atoms with E-state index in [0.717, 1.165) is 32.4 Å². The fraction of sp³-hybridized carbons (Fsp3) is 0.391. The third-order valence-electron chi connectivity index (χ3n) is 4.76. The Morgan fingerprint density at radius 3 is 1.53 bits per heavy atom. The zero-order valence-corrected chi connectivity index (χ0v) is 17.9. The Hall–Kier alpha value is -3.46. The molecule has 9 heteroatoms. The number of nitrogens with one attached hydrogen (secondary N) is 3. The predicted octanol–water partition coefficient (Wildman–Crippen LogP) is 1.29. The maximum Gasteiger partial charge on any atom is 0.224 e. The second-order valence-electron chi connectivity index (χ2n) is 7.51. The van der Waals surface area contributed by atoms with Crippen LogP contribution in [0, 0.1) is 0 Å². The number of unbranched alkanes of at least 4 members (excludes halogenated alkanes) is 1. The fourth-order valence-corrected chi connectivity index (χ4v) is 3.02. The Labute approximate surface area is 187 Å². The Morgan fingerprint density at radius 1 is 0.594 bits per heavy atom. The molecule has 0 heterocycles. The number of rotatable bonds is 13. The molecule has 0 aliphatic heterocycles. The lowest BCUT2D eigenvalue weighted by Crippen LogP contribution is -2.29. The molecule has 9 nitrogen and oxygen atoms in total. The summed E-state index contributed by atoms with van der Waals surface area (Å²) >= 11 is 0. The van der Waals surface area contributed by atoms with Crippen LogP contribution in [0.5, 0.6) is 23.0 Å². The van der Waals surface area contributed by atoms with E-state index < -0.39 is 0 Å². The van der Waals surface area contributed by atoms with E-state index in [-0.39, 0.29) is 47.7 Å². The number of hydrogen-bond donors (Lipinski definition) is 7. The van der Waals surface area contributed by atoms with Crippen molar-refractivity contribution in [2.24, 2.45) is 0 Å². The summed E-state index contributed by atoms with van der Waals surface area (Å²) in [5.41, 5.74) is 1.26. The van der Waals surface area contributed by atoms with Crippen LogP contribution in [0.3, 0.4) is 0 Å². The molecule has 0 aliphatic carbocycles. The number of amides is 2. The zero-order chi connectivity index (χ0) is 23.3. The van der Waals surface area contributed by atoms with Crippen molar-refractivity contribution in [2.45, 2.75) is 32.1 Å². The van der Waals surface area contributed by atoms with Crippen LogP contribution in [-0.4, -0.2) is 58.4 Å². The molecule has 0 aliphatic rings. The third-order valence-corrected chi connectivity index (χ3v) is 4.76. The molecule has 174 valence electrons. The van der Waals surface area contributed by atoms with Gasteiger partial charge in [-0.2, -0.15) is 0 Å². The molecule has 0 fully saturated rings. The Bertz CT molecular complexity index is 830. The minimum atomic E-state index is -0.239. The van der Waals surface area contributed by atoms with Gasteiger partial charge in [-0.05, 0) is 67.7 Å². The first-order valence-corrected chi connectivity index (χ1v) is 10.6. The van der Waals surface area contributed by atoms with Crippen LogP contribution in [-0.2, 0) is 22.4 Å². The lowest BCUT2D eigenvalue weighted by atomic mass is 10.1. The van der Waals surface area contributed by atoms with Gasteiger partial charge in [-0.1, -0.05) is 12.1 Å². The maximum atomic E-state index is 11.9. The van der Waals surface area contributed by atoms with E-state index in [4.69, 9.17) is 0 Å². The number of phenolic OH excluding ortho intramolecular Hbond substituents is 4. The molecule has 0 unspecified atom stereocenters. The van der Waals surface area contributed by atoms with Gasteiger partial charge in [0.1, 0.15) is 0 Å². The van der Waals surface area contributed by atoms with Crippen LogP contribution in [0.4, 0.5) is 0 Å². The fourth-order valence-electron chi connectivity index (χ4n) is 3.02. The minimum Gasteiger partial charge on any atom is -0.504 e. The van der Waals surface area contributed by atoms with Gasteiger partial charge in [0.2, 0.25) is 11.8 Å². The van der Waals surface area contributed by atoms with Crippen LogP contribution in [0.15, 0.2) is 36.4 Å². The monoisotopic (exact) mass is 445 g/mol. The van der Waals surface area contributed by atoms with Crippen molar-refractivity contribution in [3.05, 3.63) is 47.5 Å². The van der Waals surface area contributed by atoms with E-state index in [0.29, 0.717) is 24.2 Å². The summed E-state index contributed by atoms with van der Waals surface area (Å²) in [6.45, 7) is 2.67. The lowest BCUT2D eigenvalue weighted by molar-refractivity contribution is -0.121. The highest BCUT2D eigenvalue weighted by atomic mass is 16.3. The van der Waals surface area contributed by atoms with E-state index in [1.807, 2.05) is 0 Å². The third kappa shape index (κ3) is 9.13. The molecular weight excluding hydrogens is 414 g/mol. The molecule has 0 spiro atoms. The van der Waals surface area contributed by atoms with E-state index in [2.05, 4.69) is 16.0 Å². The summed E-state index contributed by atoms with van der Waals surface area (Å²) in [5.74, 6) is -1.18. The summed E-state index contributed by atoms with van der Waals surface area (Å²) in [5, 5.41) is 46.4. The molecule has 2 rings (SSSR count). The van der Waals surface area contributed by atoms with Crippen LogP contribution in [0.25, 0.3) is 0 Å². The number of aromatic hydroxyl groups is 4. The molecule has 0 saturated heterocycles. The van der Waals surface area contributed by atoms with Crippen LogP contribution in [0.1, 0.15) is 30.4 Å². The van der Waals surface area contributed by atoms with Gasteiger partial charge < -0.3 is 36.4 Å². The predicted molar refractivity (Wildman–Crippen MR) is 120 cm³/mol. The molecule has 0 aromatic heterocycles. The first-order chi connectivity index (χ1) is 15.3. The normalized spacial score (nSPS) is 10.6. The summed E-state index contributed by atoms with van der Waals surface area (Å²) in [4.78, 5) is 23.8. The van der Waals surface area contributed by atoms with Crippen molar-refractivity contribution >= 4 is 11.8 Å². The Morgan fingerprint density at radius 2 is 1.03 bits per heavy atom. The molecule has 2 amide bonds. The van der Waals surface area contributed by atoms with Gasteiger partial charge in [-0.15, -0.1) is 0 Å². The highest BCUT2D eigenvalue weighted by Crippen LogP contribution is 2.25.